The highest BCUT2D eigenvalue weighted by atomic mass is 16.5. The van der Waals surface area contributed by atoms with Crippen molar-refractivity contribution in [1.82, 2.24) is 25.0 Å². The predicted molar refractivity (Wildman–Crippen MR) is 98.0 cm³/mol. The van der Waals surface area contributed by atoms with E-state index in [1.54, 1.807) is 0 Å². The van der Waals surface area contributed by atoms with Crippen LogP contribution in [0.4, 0.5) is 0 Å². The maximum absolute atomic E-state index is 12.2. The summed E-state index contributed by atoms with van der Waals surface area (Å²) in [5, 5.41) is 6.87. The van der Waals surface area contributed by atoms with Gasteiger partial charge in [-0.2, -0.15) is 4.98 Å². The van der Waals surface area contributed by atoms with Gasteiger partial charge in [0.2, 0.25) is 5.91 Å². The summed E-state index contributed by atoms with van der Waals surface area (Å²) in [6, 6.07) is 7.95. The Morgan fingerprint density at radius 1 is 1.33 bits per heavy atom. The lowest BCUT2D eigenvalue weighted by molar-refractivity contribution is -0.121. The molecule has 2 aromatic heterocycles. The number of amides is 1. The van der Waals surface area contributed by atoms with Gasteiger partial charge >= 0.3 is 0 Å². The summed E-state index contributed by atoms with van der Waals surface area (Å²) in [4.78, 5) is 21.0. The Kier molecular flexibility index (Phi) is 5.15. The van der Waals surface area contributed by atoms with Gasteiger partial charge in [0, 0.05) is 32.5 Å². The van der Waals surface area contributed by atoms with Crippen molar-refractivity contribution in [2.45, 2.75) is 45.3 Å². The fourth-order valence-corrected chi connectivity index (χ4v) is 3.37. The zero-order valence-corrected chi connectivity index (χ0v) is 15.4. The highest BCUT2D eigenvalue weighted by molar-refractivity contribution is 5.77. The third-order valence-electron chi connectivity index (χ3n) is 4.77. The molecule has 1 saturated heterocycles. The smallest absolute Gasteiger partial charge is 0.255 e. The number of nitrogens with zero attached hydrogens (tertiary/aromatic N) is 4. The van der Waals surface area contributed by atoms with Gasteiger partial charge in [0.05, 0.1) is 11.0 Å². The Morgan fingerprint density at radius 3 is 3.07 bits per heavy atom. The highest BCUT2D eigenvalue weighted by Gasteiger charge is 2.23. The van der Waals surface area contributed by atoms with Crippen LogP contribution in [0, 0.1) is 6.92 Å². The first-order chi connectivity index (χ1) is 13.2. The van der Waals surface area contributed by atoms with Crippen LogP contribution in [-0.2, 0) is 22.5 Å². The number of carbonyl (C=O) groups is 1. The van der Waals surface area contributed by atoms with Crippen molar-refractivity contribution in [2.75, 3.05) is 13.2 Å². The SMILES string of the molecule is Cc1nc2ccccc2n1CCC(=O)NCCc1noc(C2CCCO2)n1. The maximum Gasteiger partial charge on any atom is 0.255 e. The second kappa shape index (κ2) is 7.87. The van der Waals surface area contributed by atoms with Crippen LogP contribution in [0.3, 0.4) is 0 Å². The van der Waals surface area contributed by atoms with Gasteiger partial charge in [-0.3, -0.25) is 4.79 Å². The van der Waals surface area contributed by atoms with Gasteiger partial charge in [-0.1, -0.05) is 17.3 Å². The van der Waals surface area contributed by atoms with Crippen molar-refractivity contribution in [3.8, 4) is 0 Å². The van der Waals surface area contributed by atoms with Gasteiger partial charge in [-0.25, -0.2) is 4.98 Å². The van der Waals surface area contributed by atoms with Crippen LogP contribution in [0.1, 0.15) is 42.9 Å². The number of hydrogen-bond acceptors (Lipinski definition) is 6. The average Bonchev–Trinajstić information content (AvgIpc) is 3.39. The fraction of sp³-hybridized carbons (Fsp3) is 0.474. The molecule has 1 aliphatic heterocycles. The summed E-state index contributed by atoms with van der Waals surface area (Å²) < 4.78 is 12.8. The van der Waals surface area contributed by atoms with Crippen molar-refractivity contribution in [3.63, 3.8) is 0 Å². The Labute approximate surface area is 156 Å². The molecule has 3 heterocycles. The lowest BCUT2D eigenvalue weighted by Gasteiger charge is -2.07. The summed E-state index contributed by atoms with van der Waals surface area (Å²) >= 11 is 0. The van der Waals surface area contributed by atoms with Crippen molar-refractivity contribution in [3.05, 3.63) is 41.8 Å². The van der Waals surface area contributed by atoms with E-state index in [1.807, 2.05) is 31.2 Å². The molecular weight excluding hydrogens is 346 g/mol. The number of benzene rings is 1. The Morgan fingerprint density at radius 2 is 2.22 bits per heavy atom. The number of hydrogen-bond donors (Lipinski definition) is 1. The quantitative estimate of drug-likeness (QED) is 0.687. The molecule has 0 radical (unpaired) electrons. The Balaban J connectivity index is 1.24. The molecule has 0 saturated carbocycles. The molecule has 1 amide bonds. The third kappa shape index (κ3) is 4.00. The molecule has 1 atom stereocenters. The van der Waals surface area contributed by atoms with E-state index in [2.05, 4.69) is 25.0 Å². The minimum absolute atomic E-state index is 0.00461. The fourth-order valence-electron chi connectivity index (χ4n) is 3.37. The van der Waals surface area contributed by atoms with E-state index in [9.17, 15) is 4.79 Å². The summed E-state index contributed by atoms with van der Waals surface area (Å²) in [6.07, 6.45) is 2.79. The lowest BCUT2D eigenvalue weighted by atomic mass is 10.2. The van der Waals surface area contributed by atoms with Gasteiger partial charge < -0.3 is 19.1 Å². The van der Waals surface area contributed by atoms with Crippen LogP contribution in [0.25, 0.3) is 11.0 Å². The summed E-state index contributed by atoms with van der Waals surface area (Å²) in [5.74, 6) is 2.04. The molecule has 0 bridgehead atoms. The van der Waals surface area contributed by atoms with Crippen molar-refractivity contribution in [1.29, 1.82) is 0 Å². The Hall–Kier alpha value is -2.74. The van der Waals surface area contributed by atoms with Crippen molar-refractivity contribution < 1.29 is 14.1 Å². The van der Waals surface area contributed by atoms with E-state index in [-0.39, 0.29) is 12.0 Å². The zero-order valence-electron chi connectivity index (χ0n) is 15.4. The first kappa shape index (κ1) is 17.7. The van der Waals surface area contributed by atoms with Crippen LogP contribution < -0.4 is 5.32 Å². The van der Waals surface area contributed by atoms with E-state index < -0.39 is 0 Å². The standard InChI is InChI=1S/C19H23N5O3/c1-13-21-14-5-2-3-6-15(14)24(13)11-9-18(25)20-10-8-17-22-19(27-23-17)16-7-4-12-26-16/h2-3,5-6,16H,4,7-12H2,1H3,(H,20,25). The number of carbonyl (C=O) groups excluding carboxylic acids is 1. The van der Waals surface area contributed by atoms with Gasteiger partial charge in [0.1, 0.15) is 11.9 Å². The van der Waals surface area contributed by atoms with Gasteiger partial charge in [-0.15, -0.1) is 0 Å². The zero-order chi connectivity index (χ0) is 18.6. The number of fused-ring (bicyclic) bond motifs is 1. The van der Waals surface area contributed by atoms with E-state index in [0.717, 1.165) is 36.3 Å². The summed E-state index contributed by atoms with van der Waals surface area (Å²) in [5.41, 5.74) is 2.01. The van der Waals surface area contributed by atoms with Crippen LogP contribution in [-0.4, -0.2) is 38.8 Å². The van der Waals surface area contributed by atoms with Gasteiger partial charge in [0.15, 0.2) is 5.82 Å². The molecule has 3 aromatic rings. The molecule has 0 aliphatic carbocycles. The number of nitrogens with one attached hydrogen (secondary N) is 1. The van der Waals surface area contributed by atoms with Crippen LogP contribution in [0.5, 0.6) is 0 Å². The summed E-state index contributed by atoms with van der Waals surface area (Å²) in [7, 11) is 0. The second-order valence-corrected chi connectivity index (χ2v) is 6.70. The lowest BCUT2D eigenvalue weighted by Crippen LogP contribution is -2.27. The topological polar surface area (TPSA) is 95.1 Å². The largest absolute Gasteiger partial charge is 0.368 e. The first-order valence-electron chi connectivity index (χ1n) is 9.33. The molecule has 0 spiro atoms. The van der Waals surface area contributed by atoms with Crippen LogP contribution in [0.15, 0.2) is 28.8 Å². The number of para-hydroxylation sites is 2. The number of aromatic nitrogens is 4. The number of ether oxygens (including phenoxy) is 1. The van der Waals surface area contributed by atoms with E-state index >= 15 is 0 Å². The maximum atomic E-state index is 12.2. The molecule has 142 valence electrons. The molecule has 27 heavy (non-hydrogen) atoms. The van der Waals surface area contributed by atoms with Crippen molar-refractivity contribution >= 4 is 16.9 Å². The molecule has 1 aliphatic rings. The molecule has 1 unspecified atom stereocenters. The van der Waals surface area contributed by atoms with E-state index in [4.69, 9.17) is 9.26 Å². The van der Waals surface area contributed by atoms with Gasteiger partial charge in [0.25, 0.3) is 5.89 Å². The van der Waals surface area contributed by atoms with E-state index in [1.165, 1.54) is 0 Å². The highest BCUT2D eigenvalue weighted by Crippen LogP contribution is 2.26. The summed E-state index contributed by atoms with van der Waals surface area (Å²) in [6.45, 7) is 3.78. The number of aryl methyl sites for hydroxylation is 2. The first-order valence-corrected chi connectivity index (χ1v) is 9.33. The molecule has 8 nitrogen and oxygen atoms in total. The predicted octanol–water partition coefficient (Wildman–Crippen LogP) is 2.33. The molecule has 1 fully saturated rings. The van der Waals surface area contributed by atoms with Crippen LogP contribution in [0.2, 0.25) is 0 Å². The van der Waals surface area contributed by atoms with Gasteiger partial charge in [-0.05, 0) is 31.9 Å². The van der Waals surface area contributed by atoms with E-state index in [0.29, 0.717) is 37.6 Å². The molecular formula is C19H23N5O3. The average molecular weight is 369 g/mol. The monoisotopic (exact) mass is 369 g/mol. The minimum Gasteiger partial charge on any atom is -0.368 e. The molecule has 1 aromatic carbocycles. The van der Waals surface area contributed by atoms with Crippen LogP contribution >= 0.6 is 0 Å². The minimum atomic E-state index is -0.0749. The molecule has 8 heteroatoms. The third-order valence-corrected chi connectivity index (χ3v) is 4.77. The normalized spacial score (nSPS) is 16.9. The molecule has 4 rings (SSSR count). The second-order valence-electron chi connectivity index (χ2n) is 6.70. The Bertz CT molecular complexity index is 926. The number of rotatable bonds is 7. The molecule has 1 N–H and O–H groups in total. The van der Waals surface area contributed by atoms with Crippen molar-refractivity contribution in [2.24, 2.45) is 0 Å². The number of imidazole rings is 1.